The lowest BCUT2D eigenvalue weighted by Gasteiger charge is -2.12. The summed E-state index contributed by atoms with van der Waals surface area (Å²) in [5.74, 6) is 0.174. The molecule has 0 spiro atoms. The van der Waals surface area contributed by atoms with Crippen molar-refractivity contribution in [1.82, 2.24) is 9.78 Å². The Balaban J connectivity index is 2.09. The van der Waals surface area contributed by atoms with Crippen molar-refractivity contribution < 1.29 is 9.53 Å². The Labute approximate surface area is 145 Å². The molecule has 6 heteroatoms. The number of aryl methyl sites for hydroxylation is 1. The number of methoxy groups -OCH3 is 1. The zero-order valence-electron chi connectivity index (χ0n) is 14.2. The number of ether oxygens (including phenoxy) is 1. The second-order valence-corrected chi connectivity index (χ2v) is 5.58. The van der Waals surface area contributed by atoms with E-state index in [4.69, 9.17) is 4.74 Å². The number of anilines is 1. The van der Waals surface area contributed by atoms with E-state index in [2.05, 4.69) is 10.4 Å². The van der Waals surface area contributed by atoms with Gasteiger partial charge in [0.15, 0.2) is 5.69 Å². The van der Waals surface area contributed by atoms with Gasteiger partial charge in [-0.2, -0.15) is 5.10 Å². The number of rotatable bonds is 5. The first kappa shape index (κ1) is 16.7. The minimum absolute atomic E-state index is 0.189. The van der Waals surface area contributed by atoms with Gasteiger partial charge in [-0.1, -0.05) is 37.3 Å². The molecule has 6 nitrogen and oxygen atoms in total. The van der Waals surface area contributed by atoms with Crippen LogP contribution in [-0.4, -0.2) is 22.8 Å². The first-order valence-corrected chi connectivity index (χ1v) is 8.10. The number of amides is 1. The van der Waals surface area contributed by atoms with E-state index in [-0.39, 0.29) is 17.2 Å². The van der Waals surface area contributed by atoms with E-state index in [0.29, 0.717) is 28.8 Å². The SMILES string of the molecule is CCCn1nc(C(=O)Nc2ccccc2OC)c2ccccc2c1=O. The standard InChI is InChI=1S/C19H19N3O3/c1-3-12-22-19(24)14-9-5-4-8-13(14)17(21-22)18(23)20-15-10-6-7-11-16(15)25-2/h4-11H,3,12H2,1-2H3,(H,20,23). The maximum Gasteiger partial charge on any atom is 0.276 e. The molecule has 0 unspecified atom stereocenters. The number of nitrogens with zero attached hydrogens (tertiary/aromatic N) is 2. The Morgan fingerprint density at radius 3 is 2.52 bits per heavy atom. The summed E-state index contributed by atoms with van der Waals surface area (Å²) in [5.41, 5.74) is 0.579. The molecule has 0 aliphatic carbocycles. The molecule has 0 aliphatic heterocycles. The van der Waals surface area contributed by atoms with Crippen molar-refractivity contribution >= 4 is 22.4 Å². The minimum Gasteiger partial charge on any atom is -0.495 e. The molecule has 3 aromatic rings. The van der Waals surface area contributed by atoms with Gasteiger partial charge in [0.05, 0.1) is 18.2 Å². The summed E-state index contributed by atoms with van der Waals surface area (Å²) in [6.45, 7) is 2.41. The highest BCUT2D eigenvalue weighted by molar-refractivity contribution is 6.11. The summed E-state index contributed by atoms with van der Waals surface area (Å²) in [7, 11) is 1.54. The normalized spacial score (nSPS) is 10.6. The fourth-order valence-electron chi connectivity index (χ4n) is 2.70. The minimum atomic E-state index is -0.384. The van der Waals surface area contributed by atoms with E-state index in [0.717, 1.165) is 6.42 Å². The summed E-state index contributed by atoms with van der Waals surface area (Å²) in [4.78, 5) is 25.3. The third-order valence-corrected chi connectivity index (χ3v) is 3.87. The smallest absolute Gasteiger partial charge is 0.276 e. The molecule has 0 saturated heterocycles. The third kappa shape index (κ3) is 3.24. The quantitative estimate of drug-likeness (QED) is 0.776. The fourth-order valence-corrected chi connectivity index (χ4v) is 2.70. The highest BCUT2D eigenvalue weighted by Gasteiger charge is 2.17. The van der Waals surface area contributed by atoms with Crippen molar-refractivity contribution in [2.24, 2.45) is 0 Å². The Bertz CT molecular complexity index is 979. The fraction of sp³-hybridized carbons (Fsp3) is 0.211. The molecule has 128 valence electrons. The van der Waals surface area contributed by atoms with Crippen molar-refractivity contribution in [2.45, 2.75) is 19.9 Å². The number of nitrogens with one attached hydrogen (secondary N) is 1. The highest BCUT2D eigenvalue weighted by atomic mass is 16.5. The third-order valence-electron chi connectivity index (χ3n) is 3.87. The Morgan fingerprint density at radius 1 is 1.12 bits per heavy atom. The number of fused-ring (bicyclic) bond motifs is 1. The van der Waals surface area contributed by atoms with Crippen molar-refractivity contribution in [2.75, 3.05) is 12.4 Å². The Morgan fingerprint density at radius 2 is 1.80 bits per heavy atom. The van der Waals surface area contributed by atoms with Crippen molar-refractivity contribution in [1.29, 1.82) is 0 Å². The van der Waals surface area contributed by atoms with E-state index in [1.807, 2.05) is 19.1 Å². The molecular weight excluding hydrogens is 318 g/mol. The lowest BCUT2D eigenvalue weighted by atomic mass is 10.1. The second kappa shape index (κ2) is 7.17. The first-order chi connectivity index (χ1) is 12.2. The average Bonchev–Trinajstić information content (AvgIpc) is 2.64. The van der Waals surface area contributed by atoms with E-state index >= 15 is 0 Å². The average molecular weight is 337 g/mol. The van der Waals surface area contributed by atoms with Crippen LogP contribution in [0.1, 0.15) is 23.8 Å². The van der Waals surface area contributed by atoms with Crippen LogP contribution >= 0.6 is 0 Å². The van der Waals surface area contributed by atoms with Gasteiger partial charge in [-0.05, 0) is 24.6 Å². The molecule has 0 atom stereocenters. The van der Waals surface area contributed by atoms with Gasteiger partial charge < -0.3 is 10.1 Å². The molecule has 0 bridgehead atoms. The highest BCUT2D eigenvalue weighted by Crippen LogP contribution is 2.24. The largest absolute Gasteiger partial charge is 0.495 e. The molecule has 1 N–H and O–H groups in total. The van der Waals surface area contributed by atoms with Gasteiger partial charge >= 0.3 is 0 Å². The van der Waals surface area contributed by atoms with Gasteiger partial charge in [-0.3, -0.25) is 9.59 Å². The van der Waals surface area contributed by atoms with Crippen molar-refractivity contribution in [3.63, 3.8) is 0 Å². The predicted molar refractivity (Wildman–Crippen MR) is 97.2 cm³/mol. The molecule has 1 amide bonds. The van der Waals surface area contributed by atoms with Crippen molar-refractivity contribution in [3.8, 4) is 5.75 Å². The van der Waals surface area contributed by atoms with E-state index in [1.54, 1.807) is 43.5 Å². The van der Waals surface area contributed by atoms with Gasteiger partial charge in [0, 0.05) is 11.9 Å². The predicted octanol–water partition coefficient (Wildman–Crippen LogP) is 3.07. The van der Waals surface area contributed by atoms with Crippen LogP contribution in [0.15, 0.2) is 53.3 Å². The van der Waals surface area contributed by atoms with Crippen LogP contribution in [-0.2, 0) is 6.54 Å². The number of aromatic nitrogens is 2. The molecule has 25 heavy (non-hydrogen) atoms. The summed E-state index contributed by atoms with van der Waals surface area (Å²) in [6, 6.07) is 14.2. The lowest BCUT2D eigenvalue weighted by molar-refractivity contribution is 0.102. The maximum atomic E-state index is 12.8. The second-order valence-electron chi connectivity index (χ2n) is 5.58. The molecule has 1 aromatic heterocycles. The molecule has 0 saturated carbocycles. The molecule has 0 fully saturated rings. The van der Waals surface area contributed by atoms with E-state index in [1.165, 1.54) is 4.68 Å². The summed E-state index contributed by atoms with van der Waals surface area (Å²) in [5, 5.41) is 8.13. The van der Waals surface area contributed by atoms with Crippen molar-refractivity contribution in [3.05, 3.63) is 64.6 Å². The van der Waals surface area contributed by atoms with Crippen LogP contribution in [0.4, 0.5) is 5.69 Å². The molecule has 0 radical (unpaired) electrons. The monoisotopic (exact) mass is 337 g/mol. The van der Waals surface area contributed by atoms with Crippen LogP contribution in [0, 0.1) is 0 Å². The molecule has 3 rings (SSSR count). The van der Waals surface area contributed by atoms with Crippen LogP contribution < -0.4 is 15.6 Å². The topological polar surface area (TPSA) is 73.2 Å². The number of carbonyl (C=O) groups excluding carboxylic acids is 1. The van der Waals surface area contributed by atoms with Gasteiger partial charge in [0.25, 0.3) is 11.5 Å². The number of hydrogen-bond donors (Lipinski definition) is 1. The zero-order valence-corrected chi connectivity index (χ0v) is 14.2. The molecular formula is C19H19N3O3. The van der Waals surface area contributed by atoms with Gasteiger partial charge in [0.1, 0.15) is 5.75 Å². The number of para-hydroxylation sites is 2. The van der Waals surface area contributed by atoms with Crippen LogP contribution in [0.2, 0.25) is 0 Å². The summed E-state index contributed by atoms with van der Waals surface area (Å²) < 4.78 is 6.61. The van der Waals surface area contributed by atoms with Gasteiger partial charge in [-0.15, -0.1) is 0 Å². The number of hydrogen-bond acceptors (Lipinski definition) is 4. The molecule has 1 heterocycles. The lowest BCUT2D eigenvalue weighted by Crippen LogP contribution is -2.27. The van der Waals surface area contributed by atoms with Gasteiger partial charge in [0.2, 0.25) is 0 Å². The first-order valence-electron chi connectivity index (χ1n) is 8.10. The van der Waals surface area contributed by atoms with E-state index < -0.39 is 0 Å². The molecule has 2 aromatic carbocycles. The molecule has 0 aliphatic rings. The maximum absolute atomic E-state index is 12.8. The number of benzene rings is 2. The van der Waals surface area contributed by atoms with Gasteiger partial charge in [-0.25, -0.2) is 4.68 Å². The number of carbonyl (C=O) groups is 1. The van der Waals surface area contributed by atoms with Crippen LogP contribution in [0.25, 0.3) is 10.8 Å². The van der Waals surface area contributed by atoms with Crippen LogP contribution in [0.5, 0.6) is 5.75 Å². The Kier molecular flexibility index (Phi) is 4.79. The summed E-state index contributed by atoms with van der Waals surface area (Å²) >= 11 is 0. The zero-order chi connectivity index (χ0) is 17.8. The summed E-state index contributed by atoms with van der Waals surface area (Å²) in [6.07, 6.45) is 0.749. The Hall–Kier alpha value is -3.15. The van der Waals surface area contributed by atoms with E-state index in [9.17, 15) is 9.59 Å². The van der Waals surface area contributed by atoms with Crippen LogP contribution in [0.3, 0.4) is 0 Å².